The third kappa shape index (κ3) is 3.85. The molecule has 2 saturated heterocycles. The van der Waals surface area contributed by atoms with Crippen LogP contribution in [0.25, 0.3) is 0 Å². The fourth-order valence-corrected chi connectivity index (χ4v) is 2.80. The molecule has 2 heterocycles. The third-order valence-corrected chi connectivity index (χ3v) is 4.00. The van der Waals surface area contributed by atoms with E-state index in [0.29, 0.717) is 19.7 Å². The first-order chi connectivity index (χ1) is 9.72. The fourth-order valence-electron chi connectivity index (χ4n) is 2.80. The number of nitrogens with one attached hydrogen (secondary N) is 1. The number of amides is 2. The van der Waals surface area contributed by atoms with E-state index in [0.717, 1.165) is 45.4 Å². The number of ether oxygens (including phenoxy) is 1. The van der Waals surface area contributed by atoms with Crippen LogP contribution in [-0.2, 0) is 9.53 Å². The summed E-state index contributed by atoms with van der Waals surface area (Å²) in [5.74, 6) is -0.150. The smallest absolute Gasteiger partial charge is 0.320 e. The number of hydrogen-bond acceptors (Lipinski definition) is 4. The normalized spacial score (nSPS) is 21.4. The van der Waals surface area contributed by atoms with Crippen molar-refractivity contribution in [2.24, 2.45) is 5.92 Å². The molecule has 0 saturated carbocycles. The van der Waals surface area contributed by atoms with E-state index in [1.54, 1.807) is 0 Å². The van der Waals surface area contributed by atoms with Gasteiger partial charge in [0.1, 0.15) is 0 Å². The second kappa shape index (κ2) is 7.47. The summed E-state index contributed by atoms with van der Waals surface area (Å²) in [6, 6.07) is 0.121. The van der Waals surface area contributed by atoms with E-state index in [4.69, 9.17) is 4.74 Å². The summed E-state index contributed by atoms with van der Waals surface area (Å²) in [4.78, 5) is 27.9. The molecule has 0 unspecified atom stereocenters. The second-order valence-corrected chi connectivity index (χ2v) is 5.39. The number of carbonyl (C=O) groups is 2. The van der Waals surface area contributed by atoms with Crippen LogP contribution < -0.4 is 5.32 Å². The average Bonchev–Trinajstić information content (AvgIpc) is 2.76. The molecule has 0 aromatic rings. The van der Waals surface area contributed by atoms with Crippen molar-refractivity contribution >= 4 is 12.0 Å². The highest BCUT2D eigenvalue weighted by Crippen LogP contribution is 2.20. The van der Waals surface area contributed by atoms with Gasteiger partial charge in [-0.3, -0.25) is 4.79 Å². The van der Waals surface area contributed by atoms with Crippen molar-refractivity contribution in [2.45, 2.75) is 26.2 Å². The minimum Gasteiger partial charge on any atom is -0.466 e. The number of hydrogen-bond donors (Lipinski definition) is 1. The van der Waals surface area contributed by atoms with Crippen molar-refractivity contribution < 1.29 is 14.3 Å². The number of likely N-dealkylation sites (tertiary alicyclic amines) is 1. The molecule has 0 radical (unpaired) electrons. The van der Waals surface area contributed by atoms with Gasteiger partial charge < -0.3 is 19.9 Å². The van der Waals surface area contributed by atoms with Crippen LogP contribution in [0.4, 0.5) is 4.79 Å². The van der Waals surface area contributed by atoms with Crippen molar-refractivity contribution in [1.29, 1.82) is 0 Å². The van der Waals surface area contributed by atoms with Crippen molar-refractivity contribution in [2.75, 3.05) is 45.9 Å². The molecule has 0 bridgehead atoms. The van der Waals surface area contributed by atoms with Crippen LogP contribution in [0.1, 0.15) is 26.2 Å². The number of carbonyl (C=O) groups excluding carboxylic acids is 2. The van der Waals surface area contributed by atoms with Gasteiger partial charge in [0.05, 0.1) is 12.5 Å². The Morgan fingerprint density at radius 3 is 2.50 bits per heavy atom. The average molecular weight is 283 g/mol. The lowest BCUT2D eigenvalue weighted by Crippen LogP contribution is -2.48. The predicted molar refractivity (Wildman–Crippen MR) is 75.4 cm³/mol. The maximum absolute atomic E-state index is 12.4. The van der Waals surface area contributed by atoms with Crippen LogP contribution in [0.2, 0.25) is 0 Å². The molecule has 0 aliphatic carbocycles. The Hall–Kier alpha value is -1.30. The molecular formula is C14H25N3O3. The summed E-state index contributed by atoms with van der Waals surface area (Å²) in [5.41, 5.74) is 0. The molecule has 2 aliphatic heterocycles. The van der Waals surface area contributed by atoms with Gasteiger partial charge in [-0.25, -0.2) is 4.79 Å². The molecule has 0 spiro atoms. The van der Waals surface area contributed by atoms with Crippen LogP contribution in [-0.4, -0.2) is 67.7 Å². The Morgan fingerprint density at radius 1 is 1.10 bits per heavy atom. The maximum atomic E-state index is 12.4. The van der Waals surface area contributed by atoms with Crippen LogP contribution in [0.3, 0.4) is 0 Å². The standard InChI is InChI=1S/C14H25N3O3/c1-2-20-13(18)12-4-9-17(10-5-12)14(19)16-8-3-6-15-7-11-16/h12,15H,2-11H2,1H3. The van der Waals surface area contributed by atoms with Gasteiger partial charge in [0.15, 0.2) is 0 Å². The van der Waals surface area contributed by atoms with Gasteiger partial charge in [-0.15, -0.1) is 0 Å². The van der Waals surface area contributed by atoms with E-state index in [1.807, 2.05) is 16.7 Å². The zero-order valence-corrected chi connectivity index (χ0v) is 12.3. The number of esters is 1. The minimum absolute atomic E-state index is 0.0372. The lowest BCUT2D eigenvalue weighted by Gasteiger charge is -2.34. The topological polar surface area (TPSA) is 61.9 Å². The zero-order chi connectivity index (χ0) is 14.4. The Balaban J connectivity index is 1.80. The van der Waals surface area contributed by atoms with Gasteiger partial charge in [-0.1, -0.05) is 0 Å². The summed E-state index contributed by atoms with van der Waals surface area (Å²) in [7, 11) is 0. The summed E-state index contributed by atoms with van der Waals surface area (Å²) in [5, 5.41) is 3.30. The lowest BCUT2D eigenvalue weighted by molar-refractivity contribution is -0.149. The number of rotatable bonds is 2. The summed E-state index contributed by atoms with van der Waals surface area (Å²) in [6.45, 7) is 7.02. The molecule has 114 valence electrons. The van der Waals surface area contributed by atoms with Gasteiger partial charge in [-0.05, 0) is 32.7 Å². The van der Waals surface area contributed by atoms with Crippen molar-refractivity contribution in [3.8, 4) is 0 Å². The zero-order valence-electron chi connectivity index (χ0n) is 12.3. The molecule has 2 amide bonds. The fraction of sp³-hybridized carbons (Fsp3) is 0.857. The van der Waals surface area contributed by atoms with E-state index >= 15 is 0 Å². The van der Waals surface area contributed by atoms with Gasteiger partial charge in [-0.2, -0.15) is 0 Å². The summed E-state index contributed by atoms with van der Waals surface area (Å²) < 4.78 is 5.05. The highest BCUT2D eigenvalue weighted by atomic mass is 16.5. The molecule has 6 heteroatoms. The molecule has 0 aromatic carbocycles. The Labute approximate surface area is 120 Å². The largest absolute Gasteiger partial charge is 0.466 e. The number of nitrogens with zero attached hydrogens (tertiary/aromatic N) is 2. The molecule has 2 fully saturated rings. The second-order valence-electron chi connectivity index (χ2n) is 5.39. The highest BCUT2D eigenvalue weighted by Gasteiger charge is 2.30. The quantitative estimate of drug-likeness (QED) is 0.757. The van der Waals surface area contributed by atoms with Gasteiger partial charge in [0.25, 0.3) is 0 Å². The van der Waals surface area contributed by atoms with E-state index < -0.39 is 0 Å². The van der Waals surface area contributed by atoms with Gasteiger partial charge >= 0.3 is 12.0 Å². The van der Waals surface area contributed by atoms with Crippen LogP contribution in [0.5, 0.6) is 0 Å². The molecule has 2 aliphatic rings. The highest BCUT2D eigenvalue weighted by molar-refractivity contribution is 5.76. The van der Waals surface area contributed by atoms with Gasteiger partial charge in [0, 0.05) is 32.7 Å². The Bertz CT molecular complexity index is 333. The molecule has 20 heavy (non-hydrogen) atoms. The van der Waals surface area contributed by atoms with Crippen LogP contribution in [0, 0.1) is 5.92 Å². The SMILES string of the molecule is CCOC(=O)C1CCN(C(=O)N2CCCNCC2)CC1. The minimum atomic E-state index is -0.112. The Morgan fingerprint density at radius 2 is 1.80 bits per heavy atom. The first-order valence-corrected chi connectivity index (χ1v) is 7.63. The lowest BCUT2D eigenvalue weighted by atomic mass is 9.97. The molecule has 0 atom stereocenters. The van der Waals surface area contributed by atoms with Crippen LogP contribution in [0.15, 0.2) is 0 Å². The maximum Gasteiger partial charge on any atom is 0.320 e. The molecule has 2 rings (SSSR count). The molecule has 6 nitrogen and oxygen atoms in total. The monoisotopic (exact) mass is 283 g/mol. The van der Waals surface area contributed by atoms with Crippen molar-refractivity contribution in [3.05, 3.63) is 0 Å². The van der Waals surface area contributed by atoms with E-state index in [2.05, 4.69) is 5.32 Å². The van der Waals surface area contributed by atoms with Gasteiger partial charge in [0.2, 0.25) is 0 Å². The molecular weight excluding hydrogens is 258 g/mol. The molecule has 1 N–H and O–H groups in total. The van der Waals surface area contributed by atoms with Crippen molar-refractivity contribution in [3.63, 3.8) is 0 Å². The first kappa shape index (κ1) is 15.1. The van der Waals surface area contributed by atoms with E-state index in [1.165, 1.54) is 0 Å². The summed E-state index contributed by atoms with van der Waals surface area (Å²) in [6.07, 6.45) is 2.44. The first-order valence-electron chi connectivity index (χ1n) is 7.63. The number of piperidine rings is 1. The number of urea groups is 1. The van der Waals surface area contributed by atoms with E-state index in [9.17, 15) is 9.59 Å². The van der Waals surface area contributed by atoms with Crippen LogP contribution >= 0.6 is 0 Å². The van der Waals surface area contributed by atoms with Crippen molar-refractivity contribution in [1.82, 2.24) is 15.1 Å². The Kier molecular flexibility index (Phi) is 5.64. The predicted octanol–water partition coefficient (Wildman–Crippen LogP) is 0.677. The summed E-state index contributed by atoms with van der Waals surface area (Å²) >= 11 is 0. The van der Waals surface area contributed by atoms with E-state index in [-0.39, 0.29) is 17.9 Å². The third-order valence-electron chi connectivity index (χ3n) is 4.00. The molecule has 0 aromatic heterocycles.